The average molecular weight is 311 g/mol. The van der Waals surface area contributed by atoms with Crippen molar-refractivity contribution in [3.8, 4) is 0 Å². The van der Waals surface area contributed by atoms with Crippen molar-refractivity contribution >= 4 is 20.8 Å². The third-order valence-electron chi connectivity index (χ3n) is 0. The van der Waals surface area contributed by atoms with Crippen LogP contribution in [0.3, 0.4) is 0 Å². The van der Waals surface area contributed by atoms with Gasteiger partial charge in [-0.1, -0.05) is 0 Å². The third kappa shape index (κ3) is 80.0. The summed E-state index contributed by atoms with van der Waals surface area (Å²) in [4.78, 5) is 0. The molecule has 0 aliphatic rings. The number of hydrogen-bond acceptors (Lipinski definition) is 2. The van der Waals surface area contributed by atoms with Gasteiger partial charge in [0.2, 0.25) is 0 Å². The molecule has 0 saturated heterocycles. The van der Waals surface area contributed by atoms with Gasteiger partial charge in [-0.25, -0.2) is 0 Å². The fourth-order valence-corrected chi connectivity index (χ4v) is 0. The van der Waals surface area contributed by atoms with Crippen LogP contribution in [0, 0.1) is 0 Å². The fraction of sp³-hybridized carbons (Fsp3) is 0. The van der Waals surface area contributed by atoms with Gasteiger partial charge in [0, 0.05) is 22.4 Å². The zero-order valence-corrected chi connectivity index (χ0v) is 6.30. The molecule has 0 unspecified atom stereocenters. The SMILES string of the molecule is O=S(=O)(O)S.[Au]. The summed E-state index contributed by atoms with van der Waals surface area (Å²) in [6, 6.07) is 0. The van der Waals surface area contributed by atoms with Crippen molar-refractivity contribution < 1.29 is 35.4 Å². The van der Waals surface area contributed by atoms with Crippen molar-refractivity contribution in [2.75, 3.05) is 0 Å². The molecule has 0 aromatic rings. The van der Waals surface area contributed by atoms with Crippen LogP contribution in [0.1, 0.15) is 0 Å². The summed E-state index contributed by atoms with van der Waals surface area (Å²) < 4.78 is 25.5. The Morgan fingerprint density at radius 1 is 1.50 bits per heavy atom. The molecule has 0 aliphatic heterocycles. The molecule has 0 saturated carbocycles. The van der Waals surface area contributed by atoms with Crippen molar-refractivity contribution in [1.82, 2.24) is 0 Å². The van der Waals surface area contributed by atoms with Crippen molar-refractivity contribution in [3.05, 3.63) is 0 Å². The molecule has 0 amide bonds. The topological polar surface area (TPSA) is 54.4 Å². The van der Waals surface area contributed by atoms with E-state index in [1.165, 1.54) is 0 Å². The van der Waals surface area contributed by atoms with Crippen molar-refractivity contribution in [2.24, 2.45) is 0 Å². The van der Waals surface area contributed by atoms with Gasteiger partial charge in [0.1, 0.15) is 0 Å². The molecular formula is H2AuO3S2. The van der Waals surface area contributed by atoms with Crippen LogP contribution in [0.5, 0.6) is 0 Å². The zero-order chi connectivity index (χ0) is 4.50. The van der Waals surface area contributed by atoms with Gasteiger partial charge in [-0.15, -0.1) is 0 Å². The molecule has 0 rings (SSSR count). The summed E-state index contributed by atoms with van der Waals surface area (Å²) in [5.41, 5.74) is 0. The Morgan fingerprint density at radius 3 is 1.50 bits per heavy atom. The van der Waals surface area contributed by atoms with E-state index in [-0.39, 0.29) is 22.4 Å². The van der Waals surface area contributed by atoms with E-state index in [2.05, 4.69) is 11.7 Å². The minimum Gasteiger partial charge on any atom is -0.277 e. The van der Waals surface area contributed by atoms with Crippen LogP contribution in [0.25, 0.3) is 0 Å². The molecule has 0 aromatic carbocycles. The first-order valence-electron chi connectivity index (χ1n) is 0.698. The monoisotopic (exact) mass is 311 g/mol. The van der Waals surface area contributed by atoms with E-state index >= 15 is 0 Å². The summed E-state index contributed by atoms with van der Waals surface area (Å²) in [5, 5.41) is 0. The minimum atomic E-state index is -3.97. The Labute approximate surface area is 56.2 Å². The fourth-order valence-electron chi connectivity index (χ4n) is 0. The van der Waals surface area contributed by atoms with Crippen LogP contribution in [-0.2, 0) is 31.5 Å². The van der Waals surface area contributed by atoms with Gasteiger partial charge in [-0.2, -0.15) is 8.42 Å². The van der Waals surface area contributed by atoms with Crippen molar-refractivity contribution in [2.45, 2.75) is 0 Å². The van der Waals surface area contributed by atoms with Gasteiger partial charge in [0.25, 0.3) is 0 Å². The van der Waals surface area contributed by atoms with Crippen LogP contribution < -0.4 is 0 Å². The molecule has 0 aliphatic carbocycles. The molecule has 1 N–H and O–H groups in total. The van der Waals surface area contributed by atoms with Gasteiger partial charge in [0.05, 0.1) is 0 Å². The van der Waals surface area contributed by atoms with Crippen LogP contribution in [0.15, 0.2) is 0 Å². The van der Waals surface area contributed by atoms with Crippen LogP contribution >= 0.6 is 11.7 Å². The molecular weight excluding hydrogens is 309 g/mol. The number of rotatable bonds is 0. The molecule has 0 fully saturated rings. The summed E-state index contributed by atoms with van der Waals surface area (Å²) in [5.74, 6) is 0. The molecule has 3 nitrogen and oxygen atoms in total. The summed E-state index contributed by atoms with van der Waals surface area (Å²) >= 11 is 2.65. The third-order valence-corrected chi connectivity index (χ3v) is 0. The van der Waals surface area contributed by atoms with Gasteiger partial charge in [-0.3, -0.25) is 4.55 Å². The number of hydrogen-bond donors (Lipinski definition) is 2. The van der Waals surface area contributed by atoms with Crippen LogP contribution in [-0.4, -0.2) is 13.0 Å². The average Bonchev–Trinajstić information content (AvgIpc) is 0.722. The van der Waals surface area contributed by atoms with E-state index < -0.39 is 9.15 Å². The molecule has 6 heteroatoms. The smallest absolute Gasteiger partial charge is 0.277 e. The second kappa shape index (κ2) is 3.06. The quantitative estimate of drug-likeness (QED) is 0.280. The van der Waals surface area contributed by atoms with Gasteiger partial charge >= 0.3 is 9.15 Å². The molecule has 0 aromatic heterocycles. The largest absolute Gasteiger partial charge is 0.316 e. The summed E-state index contributed by atoms with van der Waals surface area (Å²) in [6.45, 7) is 0. The molecule has 0 heterocycles. The van der Waals surface area contributed by atoms with E-state index in [0.717, 1.165) is 0 Å². The maximum Gasteiger partial charge on any atom is 0.316 e. The Kier molecular flexibility index (Phi) is 5.14. The van der Waals surface area contributed by atoms with Crippen molar-refractivity contribution in [3.63, 3.8) is 0 Å². The standard InChI is InChI=1S/Au.H2O3S2/c;1-5(2,3)4/h;(H2,1,2,3,4). The first-order chi connectivity index (χ1) is 2.00. The summed E-state index contributed by atoms with van der Waals surface area (Å²) in [7, 11) is -3.97. The molecule has 6 heavy (non-hydrogen) atoms. The second-order valence-corrected chi connectivity index (χ2v) is 2.73. The van der Waals surface area contributed by atoms with Gasteiger partial charge in [0.15, 0.2) is 0 Å². The predicted molar refractivity (Wildman–Crippen MR) is 20.5 cm³/mol. The maximum atomic E-state index is 9.05. The van der Waals surface area contributed by atoms with E-state index in [0.29, 0.717) is 0 Å². The molecule has 0 atom stereocenters. The van der Waals surface area contributed by atoms with Gasteiger partial charge < -0.3 is 0 Å². The first kappa shape index (κ1) is 10.1. The predicted octanol–water partition coefficient (Wildman–Crippen LogP) is -0.283. The Hall–Kier alpha value is 1.00. The first-order valence-corrected chi connectivity index (χ1v) is 3.19. The van der Waals surface area contributed by atoms with Gasteiger partial charge in [-0.05, 0) is 11.7 Å². The normalized spacial score (nSPS) is 9.67. The zero-order valence-electron chi connectivity index (χ0n) is 2.42. The Bertz CT molecular complexity index is 92.0. The second-order valence-electron chi connectivity index (χ2n) is 0.448. The van der Waals surface area contributed by atoms with E-state index in [9.17, 15) is 0 Å². The van der Waals surface area contributed by atoms with Crippen molar-refractivity contribution in [1.29, 1.82) is 0 Å². The van der Waals surface area contributed by atoms with Crippen LogP contribution in [0.2, 0.25) is 0 Å². The maximum absolute atomic E-state index is 9.05. The molecule has 0 spiro atoms. The Morgan fingerprint density at radius 2 is 1.50 bits per heavy atom. The molecule has 1 radical (unpaired) electrons. The van der Waals surface area contributed by atoms with E-state index in [4.69, 9.17) is 13.0 Å². The van der Waals surface area contributed by atoms with E-state index in [1.54, 1.807) is 0 Å². The minimum absolute atomic E-state index is 0. The number of thiol groups is 1. The van der Waals surface area contributed by atoms with Crippen LogP contribution in [0.4, 0.5) is 0 Å². The Balaban J connectivity index is 0. The van der Waals surface area contributed by atoms with E-state index in [1.807, 2.05) is 0 Å². The molecule has 43 valence electrons. The molecule has 0 bridgehead atoms. The summed E-state index contributed by atoms with van der Waals surface area (Å²) in [6.07, 6.45) is 0.